The van der Waals surface area contributed by atoms with Crippen molar-refractivity contribution in [3.8, 4) is 11.8 Å². The predicted molar refractivity (Wildman–Crippen MR) is 76.8 cm³/mol. The first-order valence-corrected chi connectivity index (χ1v) is 7.20. The highest BCUT2D eigenvalue weighted by molar-refractivity contribution is 7.09. The fraction of sp³-hybridized carbons (Fsp3) is 0.214. The minimum atomic E-state index is -0.287. The lowest BCUT2D eigenvalue weighted by atomic mass is 10.3. The molecule has 0 spiro atoms. The van der Waals surface area contributed by atoms with Gasteiger partial charge in [-0.25, -0.2) is 0 Å². The van der Waals surface area contributed by atoms with E-state index in [-0.39, 0.29) is 12.6 Å². The van der Waals surface area contributed by atoms with Crippen LogP contribution in [0.4, 0.5) is 0 Å². The van der Waals surface area contributed by atoms with Gasteiger partial charge in [0.1, 0.15) is 0 Å². The van der Waals surface area contributed by atoms with Crippen LogP contribution in [-0.4, -0.2) is 12.6 Å². The molecule has 0 bridgehead atoms. The van der Waals surface area contributed by atoms with Crippen molar-refractivity contribution in [1.82, 2.24) is 0 Å². The number of hydrogen-bond donors (Lipinski definition) is 0. The first-order valence-electron chi connectivity index (χ1n) is 5.37. The highest BCUT2D eigenvalue weighted by Crippen LogP contribution is 2.07. The molecule has 2 nitrogen and oxygen atoms in total. The summed E-state index contributed by atoms with van der Waals surface area (Å²) in [5, 5.41) is 6.10. The molecule has 2 heterocycles. The van der Waals surface area contributed by atoms with Gasteiger partial charge in [0.25, 0.3) is 0 Å². The van der Waals surface area contributed by atoms with Gasteiger partial charge in [-0.15, -0.1) is 11.3 Å². The largest absolute Gasteiger partial charge is 0.453 e. The summed E-state index contributed by atoms with van der Waals surface area (Å²) in [4.78, 5) is 11.6. The molecule has 0 aliphatic rings. The van der Waals surface area contributed by atoms with Gasteiger partial charge in [0.05, 0.1) is 0 Å². The number of ether oxygens (including phenoxy) is 1. The summed E-state index contributed by atoms with van der Waals surface area (Å²) < 4.78 is 4.65. The van der Waals surface area contributed by atoms with Crippen molar-refractivity contribution in [2.45, 2.75) is 13.3 Å². The van der Waals surface area contributed by atoms with Crippen LogP contribution in [0.5, 0.6) is 0 Å². The zero-order chi connectivity index (χ0) is 13.1. The van der Waals surface area contributed by atoms with Gasteiger partial charge in [-0.3, -0.25) is 4.79 Å². The molecule has 0 aliphatic carbocycles. The molecule has 0 fully saturated rings. The van der Waals surface area contributed by atoms with Crippen LogP contribution in [-0.2, 0) is 16.0 Å². The van der Waals surface area contributed by atoms with E-state index in [2.05, 4.69) is 16.6 Å². The first-order chi connectivity index (χ1) is 8.79. The molecule has 0 atom stereocenters. The maximum Gasteiger partial charge on any atom is 0.303 e. The Labute approximate surface area is 115 Å². The van der Waals surface area contributed by atoms with Crippen LogP contribution < -0.4 is 0 Å². The highest BCUT2D eigenvalue weighted by Gasteiger charge is 1.88. The van der Waals surface area contributed by atoms with Crippen LogP contribution in [0.15, 0.2) is 40.4 Å². The number of rotatable bonds is 2. The summed E-state index contributed by atoms with van der Waals surface area (Å²) in [6, 6.07) is 8.06. The number of thiophene rings is 2. The molecule has 18 heavy (non-hydrogen) atoms. The zero-order valence-corrected chi connectivity index (χ0v) is 11.7. The number of carbonyl (C=O) groups excluding carboxylic acids is 1. The van der Waals surface area contributed by atoms with E-state index >= 15 is 0 Å². The third-order valence-corrected chi connectivity index (χ3v) is 3.25. The number of hydrogen-bond acceptors (Lipinski definition) is 4. The van der Waals surface area contributed by atoms with E-state index in [1.807, 2.05) is 40.4 Å². The molecular formula is C14H14O2S2. The Bertz CT molecular complexity index is 458. The number of carbonyl (C=O) groups is 1. The Morgan fingerprint density at radius 3 is 2.50 bits per heavy atom. The number of esters is 1. The van der Waals surface area contributed by atoms with Crippen molar-refractivity contribution in [2.75, 3.05) is 6.61 Å². The Balaban J connectivity index is 0.000000269. The summed E-state index contributed by atoms with van der Waals surface area (Å²) in [7, 11) is 0. The Morgan fingerprint density at radius 2 is 2.00 bits per heavy atom. The second-order valence-corrected chi connectivity index (χ2v) is 5.03. The smallest absolute Gasteiger partial charge is 0.303 e. The average molecular weight is 278 g/mol. The standard InChI is InChI=1S/C10H10O2S.C4H4S/c1-9(11)12-7-3-2-5-10-6-4-8-13-10;1-2-4-5-3-1/h4,6,8H,5,7H2,1H3;1-4H. The molecule has 0 radical (unpaired) electrons. The maximum atomic E-state index is 10.3. The van der Waals surface area contributed by atoms with E-state index in [9.17, 15) is 4.79 Å². The van der Waals surface area contributed by atoms with Gasteiger partial charge < -0.3 is 4.74 Å². The van der Waals surface area contributed by atoms with Crippen LogP contribution in [0.25, 0.3) is 0 Å². The molecule has 0 N–H and O–H groups in total. The molecule has 0 saturated heterocycles. The van der Waals surface area contributed by atoms with Crippen molar-refractivity contribution < 1.29 is 9.53 Å². The van der Waals surface area contributed by atoms with Gasteiger partial charge in [-0.2, -0.15) is 11.3 Å². The molecule has 0 aliphatic heterocycles. The lowest BCUT2D eigenvalue weighted by molar-refractivity contribution is -0.139. The predicted octanol–water partition coefficient (Wildman–Crippen LogP) is 3.61. The van der Waals surface area contributed by atoms with Gasteiger partial charge in [-0.05, 0) is 22.2 Å². The third kappa shape index (κ3) is 7.66. The Morgan fingerprint density at radius 1 is 1.22 bits per heavy atom. The zero-order valence-electron chi connectivity index (χ0n) is 10.1. The van der Waals surface area contributed by atoms with Crippen LogP contribution in [0.1, 0.15) is 11.8 Å². The minimum Gasteiger partial charge on any atom is -0.453 e. The summed E-state index contributed by atoms with van der Waals surface area (Å²) >= 11 is 3.39. The molecule has 0 saturated carbocycles. The lowest BCUT2D eigenvalue weighted by Crippen LogP contribution is -1.97. The maximum absolute atomic E-state index is 10.3. The van der Waals surface area contributed by atoms with Gasteiger partial charge in [0, 0.05) is 18.2 Å². The van der Waals surface area contributed by atoms with E-state index in [1.165, 1.54) is 11.8 Å². The quantitative estimate of drug-likeness (QED) is 0.619. The summed E-state index contributed by atoms with van der Waals surface area (Å²) in [5.74, 6) is 5.41. The minimum absolute atomic E-state index is 0.195. The normalized spacial score (nSPS) is 8.50. The molecule has 2 aromatic heterocycles. The molecule has 94 valence electrons. The summed E-state index contributed by atoms with van der Waals surface area (Å²) in [5.41, 5.74) is 0. The Hall–Kier alpha value is -1.57. The summed E-state index contributed by atoms with van der Waals surface area (Å²) in [6.45, 7) is 1.57. The second kappa shape index (κ2) is 9.46. The first kappa shape index (κ1) is 14.5. The van der Waals surface area contributed by atoms with Crippen molar-refractivity contribution in [1.29, 1.82) is 0 Å². The fourth-order valence-electron chi connectivity index (χ4n) is 0.978. The fourth-order valence-corrected chi connectivity index (χ4v) is 2.08. The Kier molecular flexibility index (Phi) is 7.61. The van der Waals surface area contributed by atoms with E-state index < -0.39 is 0 Å². The van der Waals surface area contributed by atoms with Gasteiger partial charge in [-0.1, -0.05) is 30.0 Å². The van der Waals surface area contributed by atoms with Crippen LogP contribution in [0.3, 0.4) is 0 Å². The van der Waals surface area contributed by atoms with Crippen molar-refractivity contribution in [3.05, 3.63) is 45.3 Å². The van der Waals surface area contributed by atoms with Crippen molar-refractivity contribution >= 4 is 28.6 Å². The second-order valence-electron chi connectivity index (χ2n) is 3.18. The van der Waals surface area contributed by atoms with Crippen molar-refractivity contribution in [2.24, 2.45) is 0 Å². The van der Waals surface area contributed by atoms with E-state index in [1.54, 1.807) is 22.7 Å². The monoisotopic (exact) mass is 278 g/mol. The van der Waals surface area contributed by atoms with Crippen LogP contribution in [0, 0.1) is 11.8 Å². The summed E-state index contributed by atoms with van der Waals surface area (Å²) in [6.07, 6.45) is 0.735. The van der Waals surface area contributed by atoms with E-state index in [0.717, 1.165) is 6.42 Å². The SMILES string of the molecule is CC(=O)OCC#CCc1cccs1.c1ccsc1. The highest BCUT2D eigenvalue weighted by atomic mass is 32.1. The molecule has 4 heteroatoms. The molecule has 2 aromatic rings. The van der Waals surface area contributed by atoms with Gasteiger partial charge in [0.2, 0.25) is 0 Å². The van der Waals surface area contributed by atoms with Crippen molar-refractivity contribution in [3.63, 3.8) is 0 Å². The molecule has 2 rings (SSSR count). The van der Waals surface area contributed by atoms with Crippen LogP contribution in [0.2, 0.25) is 0 Å². The lowest BCUT2D eigenvalue weighted by Gasteiger charge is -1.90. The molecular weight excluding hydrogens is 264 g/mol. The average Bonchev–Trinajstić information content (AvgIpc) is 3.04. The van der Waals surface area contributed by atoms with E-state index in [0.29, 0.717) is 0 Å². The topological polar surface area (TPSA) is 26.3 Å². The van der Waals surface area contributed by atoms with Gasteiger partial charge in [0.15, 0.2) is 6.61 Å². The van der Waals surface area contributed by atoms with Crippen LogP contribution >= 0.6 is 22.7 Å². The molecule has 0 amide bonds. The third-order valence-electron chi connectivity index (χ3n) is 1.74. The molecule has 0 unspecified atom stereocenters. The molecule has 0 aromatic carbocycles. The van der Waals surface area contributed by atoms with Gasteiger partial charge >= 0.3 is 5.97 Å². The van der Waals surface area contributed by atoms with E-state index in [4.69, 9.17) is 0 Å².